The van der Waals surface area contributed by atoms with E-state index in [9.17, 15) is 23.1 Å². The third-order valence-electron chi connectivity index (χ3n) is 3.00. The highest BCUT2D eigenvalue weighted by molar-refractivity contribution is 5.97. The first-order valence-corrected chi connectivity index (χ1v) is 6.07. The van der Waals surface area contributed by atoms with Gasteiger partial charge in [-0.05, 0) is 30.0 Å². The van der Waals surface area contributed by atoms with Crippen molar-refractivity contribution in [1.29, 1.82) is 0 Å². The maximum absolute atomic E-state index is 12.5. The number of carbonyl (C=O) groups excluding carboxylic acids is 1. The number of halogens is 3. The minimum Gasteiger partial charge on any atom is -0.373 e. The van der Waals surface area contributed by atoms with Crippen LogP contribution >= 0.6 is 0 Å². The molecule has 0 radical (unpaired) electrons. The Morgan fingerprint density at radius 2 is 1.50 bits per heavy atom. The van der Waals surface area contributed by atoms with Gasteiger partial charge in [-0.3, -0.25) is 4.79 Å². The number of carbonyl (C=O) groups is 1. The van der Waals surface area contributed by atoms with E-state index in [1.54, 1.807) is 12.1 Å². The van der Waals surface area contributed by atoms with Crippen molar-refractivity contribution >= 4 is 11.6 Å². The van der Waals surface area contributed by atoms with Crippen molar-refractivity contribution in [2.75, 3.05) is 5.32 Å². The third kappa shape index (κ3) is 3.50. The van der Waals surface area contributed by atoms with Crippen LogP contribution in [0.3, 0.4) is 0 Å². The summed E-state index contributed by atoms with van der Waals surface area (Å²) < 4.78 is 37.5. The van der Waals surface area contributed by atoms with Crippen molar-refractivity contribution in [1.82, 2.24) is 0 Å². The van der Waals surface area contributed by atoms with Crippen LogP contribution in [0.4, 0.5) is 18.9 Å². The molecule has 1 aromatic rings. The summed E-state index contributed by atoms with van der Waals surface area (Å²) >= 11 is 0. The number of alkyl halides is 3. The van der Waals surface area contributed by atoms with Crippen molar-refractivity contribution < 1.29 is 23.1 Å². The lowest BCUT2D eigenvalue weighted by Gasteiger charge is -2.25. The van der Waals surface area contributed by atoms with Gasteiger partial charge >= 0.3 is 6.18 Å². The van der Waals surface area contributed by atoms with Crippen LogP contribution in [0.2, 0.25) is 0 Å². The zero-order valence-electron chi connectivity index (χ0n) is 11.8. The number of nitrogens with one attached hydrogen (secondary N) is 1. The molecule has 0 saturated heterocycles. The average Bonchev–Trinajstić information content (AvgIpc) is 2.26. The molecule has 3 nitrogen and oxygen atoms in total. The molecule has 20 heavy (non-hydrogen) atoms. The quantitative estimate of drug-likeness (QED) is 0.878. The van der Waals surface area contributed by atoms with E-state index in [-0.39, 0.29) is 11.1 Å². The summed E-state index contributed by atoms with van der Waals surface area (Å²) in [5.74, 6) is -1.51. The lowest BCUT2D eigenvalue weighted by atomic mass is 9.87. The maximum Gasteiger partial charge on any atom is 0.426 e. The lowest BCUT2D eigenvalue weighted by Crippen LogP contribution is -2.52. The first-order valence-electron chi connectivity index (χ1n) is 6.07. The maximum atomic E-state index is 12.5. The fourth-order valence-corrected chi connectivity index (χ4v) is 1.44. The number of anilines is 1. The predicted octanol–water partition coefficient (Wildman–Crippen LogP) is 3.24. The molecule has 1 atom stereocenters. The molecule has 0 aromatic heterocycles. The molecule has 6 heteroatoms. The summed E-state index contributed by atoms with van der Waals surface area (Å²) in [4.78, 5) is 11.5. The standard InChI is InChI=1S/C14H18F3NO2/c1-12(2,3)9-5-7-10(8-6-9)18-11(19)13(4,20)14(15,16)17/h5-8,20H,1-4H3,(H,18,19)/t13-/m1/s1. The Labute approximate surface area is 115 Å². The van der Waals surface area contributed by atoms with Gasteiger partial charge in [0.25, 0.3) is 5.91 Å². The molecule has 0 fully saturated rings. The predicted molar refractivity (Wildman–Crippen MR) is 70.5 cm³/mol. The molecule has 2 N–H and O–H groups in total. The summed E-state index contributed by atoms with van der Waals surface area (Å²) in [7, 11) is 0. The summed E-state index contributed by atoms with van der Waals surface area (Å²) in [6.45, 7) is 6.41. The SMILES string of the molecule is CC(C)(C)c1ccc(NC(=O)[C@@](C)(O)C(F)(F)F)cc1. The van der Waals surface area contributed by atoms with E-state index in [0.29, 0.717) is 6.92 Å². The van der Waals surface area contributed by atoms with Crippen LogP contribution in [-0.4, -0.2) is 22.8 Å². The van der Waals surface area contributed by atoms with Crippen molar-refractivity contribution in [3.05, 3.63) is 29.8 Å². The topological polar surface area (TPSA) is 49.3 Å². The minimum atomic E-state index is -5.03. The number of rotatable bonds is 2. The van der Waals surface area contributed by atoms with E-state index >= 15 is 0 Å². The summed E-state index contributed by atoms with van der Waals surface area (Å²) in [6, 6.07) is 6.45. The Balaban J connectivity index is 2.88. The van der Waals surface area contributed by atoms with E-state index in [4.69, 9.17) is 0 Å². The molecule has 0 spiro atoms. The minimum absolute atomic E-state index is 0.0972. The third-order valence-corrected chi connectivity index (χ3v) is 3.00. The Morgan fingerprint density at radius 1 is 1.05 bits per heavy atom. The molecular weight excluding hydrogens is 271 g/mol. The smallest absolute Gasteiger partial charge is 0.373 e. The molecule has 0 bridgehead atoms. The zero-order chi connectivity index (χ0) is 15.8. The second-order valence-corrected chi connectivity index (χ2v) is 5.85. The van der Waals surface area contributed by atoms with Crippen LogP contribution in [-0.2, 0) is 10.2 Å². The summed E-state index contributed by atoms with van der Waals surface area (Å²) in [5, 5.41) is 11.3. The summed E-state index contributed by atoms with van der Waals surface area (Å²) in [5.41, 5.74) is -2.33. The van der Waals surface area contributed by atoms with Gasteiger partial charge in [-0.15, -0.1) is 0 Å². The fourth-order valence-electron chi connectivity index (χ4n) is 1.44. The van der Waals surface area contributed by atoms with Crippen molar-refractivity contribution in [2.45, 2.75) is 44.9 Å². The molecule has 1 amide bonds. The van der Waals surface area contributed by atoms with E-state index in [0.717, 1.165) is 5.56 Å². The van der Waals surface area contributed by atoms with Gasteiger partial charge in [-0.25, -0.2) is 0 Å². The van der Waals surface area contributed by atoms with E-state index in [2.05, 4.69) is 5.32 Å². The number of amides is 1. The first-order chi connectivity index (χ1) is 8.85. The van der Waals surface area contributed by atoms with E-state index in [1.165, 1.54) is 12.1 Å². The molecule has 0 aliphatic rings. The van der Waals surface area contributed by atoms with Gasteiger partial charge in [0.15, 0.2) is 0 Å². The zero-order valence-corrected chi connectivity index (χ0v) is 11.8. The molecule has 0 heterocycles. The van der Waals surface area contributed by atoms with Crippen LogP contribution in [0.15, 0.2) is 24.3 Å². The summed E-state index contributed by atoms with van der Waals surface area (Å²) in [6.07, 6.45) is -5.03. The second-order valence-electron chi connectivity index (χ2n) is 5.85. The highest BCUT2D eigenvalue weighted by Crippen LogP contribution is 2.31. The Hall–Kier alpha value is -1.56. The van der Waals surface area contributed by atoms with Gasteiger partial charge in [-0.1, -0.05) is 32.9 Å². The molecule has 1 aromatic carbocycles. The van der Waals surface area contributed by atoms with Gasteiger partial charge in [0.1, 0.15) is 0 Å². The van der Waals surface area contributed by atoms with Gasteiger partial charge in [0.2, 0.25) is 5.60 Å². The Morgan fingerprint density at radius 3 is 1.85 bits per heavy atom. The molecule has 0 aliphatic heterocycles. The van der Waals surface area contributed by atoms with Crippen molar-refractivity contribution in [3.63, 3.8) is 0 Å². The number of benzene rings is 1. The van der Waals surface area contributed by atoms with Crippen LogP contribution < -0.4 is 5.32 Å². The van der Waals surface area contributed by atoms with Crippen LogP contribution in [0.5, 0.6) is 0 Å². The number of hydrogen-bond acceptors (Lipinski definition) is 2. The van der Waals surface area contributed by atoms with E-state index < -0.39 is 17.7 Å². The molecule has 0 unspecified atom stereocenters. The first kappa shape index (κ1) is 16.5. The normalized spacial score (nSPS) is 15.6. The fraction of sp³-hybridized carbons (Fsp3) is 0.500. The monoisotopic (exact) mass is 289 g/mol. The van der Waals surface area contributed by atoms with Crippen molar-refractivity contribution in [3.8, 4) is 0 Å². The van der Waals surface area contributed by atoms with Crippen LogP contribution in [0.25, 0.3) is 0 Å². The molecular formula is C14H18F3NO2. The number of aliphatic hydroxyl groups is 1. The Kier molecular flexibility index (Phi) is 4.20. The Bertz CT molecular complexity index is 485. The van der Waals surface area contributed by atoms with Gasteiger partial charge < -0.3 is 10.4 Å². The molecule has 112 valence electrons. The molecule has 1 rings (SSSR count). The molecule has 0 saturated carbocycles. The molecule has 0 aliphatic carbocycles. The van der Waals surface area contributed by atoms with Gasteiger partial charge in [-0.2, -0.15) is 13.2 Å². The van der Waals surface area contributed by atoms with E-state index in [1.807, 2.05) is 20.8 Å². The van der Waals surface area contributed by atoms with Crippen LogP contribution in [0.1, 0.15) is 33.3 Å². The highest BCUT2D eigenvalue weighted by atomic mass is 19.4. The second kappa shape index (κ2) is 5.09. The highest BCUT2D eigenvalue weighted by Gasteiger charge is 2.55. The van der Waals surface area contributed by atoms with Crippen molar-refractivity contribution in [2.24, 2.45) is 0 Å². The lowest BCUT2D eigenvalue weighted by molar-refractivity contribution is -0.242. The van der Waals surface area contributed by atoms with Crippen LogP contribution in [0, 0.1) is 0 Å². The average molecular weight is 289 g/mol. The van der Waals surface area contributed by atoms with Gasteiger partial charge in [0.05, 0.1) is 0 Å². The largest absolute Gasteiger partial charge is 0.426 e. The van der Waals surface area contributed by atoms with Gasteiger partial charge in [0, 0.05) is 5.69 Å². The number of hydrogen-bond donors (Lipinski definition) is 2.